The first-order chi connectivity index (χ1) is 26.8. The molecule has 1 amide bonds. The third-order valence-corrected chi connectivity index (χ3v) is 9.72. The molecule has 0 bridgehead atoms. The van der Waals surface area contributed by atoms with Crippen molar-refractivity contribution >= 4 is 17.3 Å². The molecule has 2 aliphatic rings. The Morgan fingerprint density at radius 2 is 1.40 bits per heavy atom. The summed E-state index contributed by atoms with van der Waals surface area (Å²) in [6.07, 6.45) is 1.84. The molecule has 292 valence electrons. The maximum Gasteiger partial charge on any atom is 0.255 e. The van der Waals surface area contributed by atoms with E-state index in [1.54, 1.807) is 45.6 Å². The van der Waals surface area contributed by atoms with Crippen LogP contribution in [0.4, 0.5) is 5.69 Å². The Morgan fingerprint density at radius 1 is 0.709 bits per heavy atom. The van der Waals surface area contributed by atoms with Crippen LogP contribution >= 0.6 is 0 Å². The fraction of sp³-hybridized carbons (Fsp3) is 0.366. The zero-order valence-electron chi connectivity index (χ0n) is 31.1. The number of anilines is 1. The fourth-order valence-electron chi connectivity index (χ4n) is 6.72. The molecule has 2 heterocycles. The highest BCUT2D eigenvalue weighted by atomic mass is 16.6. The molecule has 0 aliphatic carbocycles. The van der Waals surface area contributed by atoms with Gasteiger partial charge in [0.25, 0.3) is 5.91 Å². The van der Waals surface area contributed by atoms with Gasteiger partial charge in [0.1, 0.15) is 17.7 Å². The molecular formula is C41H47N3O11. The van der Waals surface area contributed by atoms with Crippen LogP contribution in [0.2, 0.25) is 0 Å². The number of benzene rings is 4. The van der Waals surface area contributed by atoms with E-state index in [4.69, 9.17) is 28.5 Å². The highest BCUT2D eigenvalue weighted by molar-refractivity contribution is 6.02. The Bertz CT molecular complexity index is 1970. The molecule has 4 aromatic rings. The lowest BCUT2D eigenvalue weighted by atomic mass is 9.93. The van der Waals surface area contributed by atoms with Crippen molar-refractivity contribution < 1.29 is 53.7 Å². The molecular weight excluding hydrogens is 710 g/mol. The minimum Gasteiger partial charge on any atom is -0.497 e. The first kappa shape index (κ1) is 39.2. The average molecular weight is 758 g/mol. The van der Waals surface area contributed by atoms with Gasteiger partial charge in [0.05, 0.1) is 72.2 Å². The van der Waals surface area contributed by atoms with Crippen molar-refractivity contribution in [3.63, 3.8) is 0 Å². The zero-order chi connectivity index (χ0) is 38.9. The van der Waals surface area contributed by atoms with E-state index in [0.717, 1.165) is 30.4 Å². The fourth-order valence-corrected chi connectivity index (χ4v) is 6.72. The second kappa shape index (κ2) is 18.2. The number of aliphatic hydroxyl groups excluding tert-OH is 4. The highest BCUT2D eigenvalue weighted by Gasteiger charge is 2.29. The van der Waals surface area contributed by atoms with E-state index in [1.807, 2.05) is 36.4 Å². The predicted molar refractivity (Wildman–Crippen MR) is 203 cm³/mol. The van der Waals surface area contributed by atoms with Crippen LogP contribution in [0.15, 0.2) is 65.8 Å². The molecule has 6 rings (SSSR count). The van der Waals surface area contributed by atoms with Gasteiger partial charge in [0.2, 0.25) is 5.75 Å². The number of unbranched alkanes of at least 4 members (excludes halogenated alkanes) is 2. The Hall–Kier alpha value is -5.54. The summed E-state index contributed by atoms with van der Waals surface area (Å²) in [6.45, 7) is -0.218. The SMILES string of the molecule is COc1ccc2c(c1)C(=O)NC(c1ccc(OCCCCCOc3c(OC)cc(C4CC(c5cc(CO)c(CO)c(CO)c5)=NO4)cc3OC)c(CO)c1)N2. The minimum absolute atomic E-state index is 0.217. The van der Waals surface area contributed by atoms with Crippen LogP contribution in [0.25, 0.3) is 0 Å². The molecule has 14 heteroatoms. The summed E-state index contributed by atoms with van der Waals surface area (Å²) in [6, 6.07) is 18.0. The van der Waals surface area contributed by atoms with E-state index < -0.39 is 12.3 Å². The minimum atomic E-state index is -0.468. The van der Waals surface area contributed by atoms with E-state index in [2.05, 4.69) is 15.8 Å². The number of nitrogens with zero attached hydrogens (tertiary/aromatic N) is 1. The lowest BCUT2D eigenvalue weighted by Crippen LogP contribution is -2.38. The summed E-state index contributed by atoms with van der Waals surface area (Å²) in [7, 11) is 4.67. The number of ether oxygens (including phenoxy) is 5. The Morgan fingerprint density at radius 3 is 2.04 bits per heavy atom. The van der Waals surface area contributed by atoms with Gasteiger partial charge in [-0.1, -0.05) is 11.2 Å². The van der Waals surface area contributed by atoms with Crippen molar-refractivity contribution in [3.8, 4) is 28.7 Å². The van der Waals surface area contributed by atoms with Crippen LogP contribution < -0.4 is 34.3 Å². The van der Waals surface area contributed by atoms with Crippen LogP contribution in [-0.4, -0.2) is 66.6 Å². The van der Waals surface area contributed by atoms with Crippen molar-refractivity contribution in [2.75, 3.05) is 39.9 Å². The van der Waals surface area contributed by atoms with Gasteiger partial charge in [-0.15, -0.1) is 0 Å². The number of oxime groups is 1. The van der Waals surface area contributed by atoms with Gasteiger partial charge in [-0.3, -0.25) is 4.79 Å². The molecule has 0 fully saturated rings. The first-order valence-corrected chi connectivity index (χ1v) is 18.0. The van der Waals surface area contributed by atoms with Gasteiger partial charge in [0.15, 0.2) is 17.6 Å². The maximum atomic E-state index is 12.8. The normalized spacial score (nSPS) is 16.0. The quantitative estimate of drug-likeness (QED) is 0.0744. The highest BCUT2D eigenvalue weighted by Crippen LogP contribution is 2.43. The number of amides is 1. The Labute approximate surface area is 319 Å². The molecule has 4 aromatic carbocycles. The number of fused-ring (bicyclic) bond motifs is 1. The average Bonchev–Trinajstić information content (AvgIpc) is 3.73. The lowest BCUT2D eigenvalue weighted by Gasteiger charge is -2.29. The van der Waals surface area contributed by atoms with Gasteiger partial charge in [0, 0.05) is 28.8 Å². The number of carbonyl (C=O) groups excluding carboxylic acids is 1. The Balaban J connectivity index is 0.992. The van der Waals surface area contributed by atoms with Gasteiger partial charge < -0.3 is 59.6 Å². The standard InChI is InChI=1S/C41H47N3O11/c1-50-30-8-9-33-31(18-30)41(49)43-40(42-33)24-7-10-35(29(13-24)22-47)53-11-5-4-6-12-54-39-37(51-2)16-26(17-38(39)52-3)36-19-34(44-55-36)25-14-27(20-45)32(23-48)28(15-25)21-46/h7-10,13-18,36,40,42,45-48H,4-6,11-12,19-23H2,1-3H3,(H,43,49). The number of nitrogens with one attached hydrogen (secondary N) is 2. The third-order valence-electron chi connectivity index (χ3n) is 9.72. The Kier molecular flexibility index (Phi) is 13.0. The number of methoxy groups -OCH3 is 3. The molecule has 0 saturated carbocycles. The molecule has 14 nitrogen and oxygen atoms in total. The summed E-state index contributed by atoms with van der Waals surface area (Å²) >= 11 is 0. The van der Waals surface area contributed by atoms with E-state index >= 15 is 0 Å². The van der Waals surface area contributed by atoms with E-state index in [-0.39, 0.29) is 32.3 Å². The van der Waals surface area contributed by atoms with Crippen LogP contribution in [0.5, 0.6) is 28.7 Å². The first-order valence-electron chi connectivity index (χ1n) is 18.0. The zero-order valence-corrected chi connectivity index (χ0v) is 31.1. The topological polar surface area (TPSA) is 190 Å². The smallest absolute Gasteiger partial charge is 0.255 e. The molecule has 0 radical (unpaired) electrons. The van der Waals surface area contributed by atoms with Crippen LogP contribution in [0, 0.1) is 0 Å². The van der Waals surface area contributed by atoms with Crippen molar-refractivity contribution in [3.05, 3.63) is 105 Å². The predicted octanol–water partition coefficient (Wildman–Crippen LogP) is 5.03. The lowest BCUT2D eigenvalue weighted by molar-refractivity contribution is 0.0852. The van der Waals surface area contributed by atoms with Crippen LogP contribution in [0.1, 0.15) is 87.3 Å². The number of aliphatic hydroxyl groups is 4. The van der Waals surface area contributed by atoms with Gasteiger partial charge in [-0.05, 0) is 96.1 Å². The number of rotatable bonds is 18. The molecule has 2 aliphatic heterocycles. The molecule has 2 unspecified atom stereocenters. The number of hydrogen-bond acceptors (Lipinski definition) is 13. The number of carbonyl (C=O) groups is 1. The van der Waals surface area contributed by atoms with Gasteiger partial charge >= 0.3 is 0 Å². The third kappa shape index (κ3) is 8.73. The van der Waals surface area contributed by atoms with Crippen molar-refractivity contribution in [1.82, 2.24) is 5.32 Å². The van der Waals surface area contributed by atoms with Crippen molar-refractivity contribution in [2.24, 2.45) is 5.16 Å². The van der Waals surface area contributed by atoms with E-state index in [1.165, 1.54) is 0 Å². The molecule has 0 aromatic heterocycles. The monoisotopic (exact) mass is 757 g/mol. The molecule has 55 heavy (non-hydrogen) atoms. The van der Waals surface area contributed by atoms with E-state index in [0.29, 0.717) is 93.2 Å². The van der Waals surface area contributed by atoms with E-state index in [9.17, 15) is 25.2 Å². The largest absolute Gasteiger partial charge is 0.497 e. The molecule has 0 saturated heterocycles. The second-order valence-electron chi connectivity index (χ2n) is 13.1. The number of hydrogen-bond donors (Lipinski definition) is 6. The summed E-state index contributed by atoms with van der Waals surface area (Å²) < 4.78 is 28.8. The van der Waals surface area contributed by atoms with Gasteiger partial charge in [-0.2, -0.15) is 0 Å². The van der Waals surface area contributed by atoms with Gasteiger partial charge in [-0.25, -0.2) is 0 Å². The molecule has 6 N–H and O–H groups in total. The summed E-state index contributed by atoms with van der Waals surface area (Å²) in [5.74, 6) is 2.41. The summed E-state index contributed by atoms with van der Waals surface area (Å²) in [5, 5.41) is 50.1. The summed E-state index contributed by atoms with van der Waals surface area (Å²) in [4.78, 5) is 18.6. The van der Waals surface area contributed by atoms with Crippen molar-refractivity contribution in [1.29, 1.82) is 0 Å². The maximum absolute atomic E-state index is 12.8. The van der Waals surface area contributed by atoms with Crippen molar-refractivity contribution in [2.45, 2.75) is 64.4 Å². The molecule has 2 atom stereocenters. The van der Waals surface area contributed by atoms with Crippen LogP contribution in [0.3, 0.4) is 0 Å². The molecule has 0 spiro atoms. The summed E-state index contributed by atoms with van der Waals surface area (Å²) in [5.41, 5.74) is 6.26. The van der Waals surface area contributed by atoms with Crippen LogP contribution in [-0.2, 0) is 31.3 Å². The second-order valence-corrected chi connectivity index (χ2v) is 13.1.